The zero-order chi connectivity index (χ0) is 53.9. The second-order valence-electron chi connectivity index (χ2n) is 21.8. The molecule has 0 aliphatic carbocycles. The quantitative estimate of drug-likeness (QED) is 0.0467. The molecule has 4 aromatic carbocycles. The standard InChI is InChI=1S/C29H34N2O4.C15H15IO.C14H19N2O3.3CH3.Sn/c1-29(2,3)35-28(32)31-14-12-26(31)21-34-27-17-25(18-30-19-27)24-11-7-10-22(16-24)13-15-33-20-23-8-5-4-6-9-23;16-15-8-4-7-13(11-15)9-10-17-12-14-5-2-1-3-6-14;1-14(2,3)19-13(17)16-8-6-11(16)10-18-12-5-4-7-15-9-12;;;;/h4-11,16-19,26H,12-15,20-21H2,1-3H3;1-8,11H,9-10,12H2;5,7,9,11H,6,8,10H2,1-3H3;3*1H3;/t26-;;11-;;;;/m0.0..../s1. The first-order chi connectivity index (χ1) is 35.8. The van der Waals surface area contributed by atoms with Gasteiger partial charge < -0.3 is 23.8 Å². The molecule has 6 aromatic rings. The first-order valence-electron chi connectivity index (χ1n) is 26.0. The van der Waals surface area contributed by atoms with Gasteiger partial charge in [-0.2, -0.15) is 0 Å². The van der Waals surface area contributed by atoms with Gasteiger partial charge in [-0.1, -0.05) is 97.1 Å². The molecule has 400 valence electrons. The molecule has 2 atom stereocenters. The van der Waals surface area contributed by atoms with Gasteiger partial charge in [-0.3, -0.25) is 4.98 Å². The number of carbonyl (C=O) groups is 2. The van der Waals surface area contributed by atoms with Crippen LogP contribution in [-0.4, -0.2) is 113 Å². The Hall–Kier alpha value is -5.23. The van der Waals surface area contributed by atoms with Crippen LogP contribution in [0.1, 0.15) is 76.6 Å². The van der Waals surface area contributed by atoms with Crippen LogP contribution in [0.4, 0.5) is 9.59 Å². The maximum atomic E-state index is 12.3. The van der Waals surface area contributed by atoms with Crippen LogP contribution in [0.25, 0.3) is 11.1 Å². The Morgan fingerprint density at radius 1 is 0.560 bits per heavy atom. The molecule has 0 spiro atoms. The minimum absolute atomic E-state index is 0.0210. The monoisotopic (exact) mass is 1240 g/mol. The van der Waals surface area contributed by atoms with Crippen molar-refractivity contribution in [2.24, 2.45) is 0 Å². The largest absolute Gasteiger partial charge is 0.490 e. The van der Waals surface area contributed by atoms with Crippen molar-refractivity contribution in [3.05, 3.63) is 172 Å². The Bertz CT molecular complexity index is 2690. The fourth-order valence-corrected chi connectivity index (χ4v) is 11.4. The second-order valence-corrected chi connectivity index (χ2v) is 37.6. The van der Waals surface area contributed by atoms with E-state index in [4.69, 9.17) is 28.4 Å². The van der Waals surface area contributed by atoms with Gasteiger partial charge in [0.15, 0.2) is 0 Å². The minimum Gasteiger partial charge on any atom is -0.490 e. The summed E-state index contributed by atoms with van der Waals surface area (Å²) in [5.74, 6) is 1.49. The molecule has 0 unspecified atom stereocenters. The summed E-state index contributed by atoms with van der Waals surface area (Å²) in [5.41, 5.74) is 6.08. The average Bonchev–Trinajstić information content (AvgIpc) is 3.34. The summed E-state index contributed by atoms with van der Waals surface area (Å²) in [6, 6.07) is 41.7. The molecule has 2 fully saturated rings. The Kier molecular flexibility index (Phi) is 22.6. The van der Waals surface area contributed by atoms with Crippen molar-refractivity contribution in [1.29, 1.82) is 0 Å². The molecule has 0 saturated carbocycles. The molecule has 2 aromatic heterocycles. The number of aromatic nitrogens is 2. The Labute approximate surface area is 463 Å². The number of pyridine rings is 2. The van der Waals surface area contributed by atoms with Crippen LogP contribution in [0.15, 0.2) is 146 Å². The third kappa shape index (κ3) is 21.0. The summed E-state index contributed by atoms with van der Waals surface area (Å²) in [6.07, 6.45) is 10.4. The van der Waals surface area contributed by atoms with Crippen LogP contribution < -0.4 is 13.1 Å². The van der Waals surface area contributed by atoms with Gasteiger partial charge in [0.25, 0.3) is 0 Å². The van der Waals surface area contributed by atoms with Crippen molar-refractivity contribution in [2.75, 3.05) is 39.5 Å². The van der Waals surface area contributed by atoms with Gasteiger partial charge in [0.2, 0.25) is 0 Å². The van der Waals surface area contributed by atoms with Crippen LogP contribution in [-0.2, 0) is 45.0 Å². The van der Waals surface area contributed by atoms with E-state index >= 15 is 0 Å². The third-order valence-corrected chi connectivity index (χ3v) is 18.6. The van der Waals surface area contributed by atoms with E-state index in [1.54, 1.807) is 22.2 Å². The van der Waals surface area contributed by atoms with Crippen LogP contribution in [0.5, 0.6) is 11.5 Å². The summed E-state index contributed by atoms with van der Waals surface area (Å²) in [6.45, 7) is 16.4. The van der Waals surface area contributed by atoms with E-state index in [0.29, 0.717) is 45.3 Å². The van der Waals surface area contributed by atoms with Crippen LogP contribution in [0.3, 0.4) is 0 Å². The van der Waals surface area contributed by atoms with E-state index in [0.717, 1.165) is 55.7 Å². The number of amides is 2. The number of likely N-dealkylation sites (tertiary alicyclic amines) is 2. The number of halogens is 1. The van der Waals surface area contributed by atoms with Crippen molar-refractivity contribution < 1.29 is 38.0 Å². The molecule has 2 saturated heterocycles. The molecule has 4 heterocycles. The first kappa shape index (κ1) is 59.0. The van der Waals surface area contributed by atoms with Gasteiger partial charge in [0.05, 0.1) is 38.7 Å². The first-order valence-corrected chi connectivity index (χ1v) is 37.1. The Balaban J connectivity index is 0.000000197. The predicted octanol–water partition coefficient (Wildman–Crippen LogP) is 13.0. The minimum atomic E-state index is -2.13. The molecular formula is C61H77IN4O8Sn. The smallest absolute Gasteiger partial charge is 0.410 e. The number of hydrogen-bond donors (Lipinski definition) is 0. The molecule has 12 nitrogen and oxygen atoms in total. The predicted molar refractivity (Wildman–Crippen MR) is 309 cm³/mol. The van der Waals surface area contributed by atoms with Crippen molar-refractivity contribution in [2.45, 2.75) is 119 Å². The molecule has 14 heteroatoms. The Morgan fingerprint density at radius 2 is 1.03 bits per heavy atom. The van der Waals surface area contributed by atoms with Gasteiger partial charge >= 0.3 is 149 Å². The number of rotatable bonds is 18. The number of nitrogens with zero attached hydrogens (tertiary/aromatic N) is 4. The molecule has 75 heavy (non-hydrogen) atoms. The topological polar surface area (TPSA) is 122 Å². The van der Waals surface area contributed by atoms with Crippen LogP contribution in [0.2, 0.25) is 14.8 Å². The fraction of sp³-hybridized carbons (Fsp3) is 0.410. The van der Waals surface area contributed by atoms with Crippen molar-refractivity contribution in [3.8, 4) is 22.6 Å². The van der Waals surface area contributed by atoms with Crippen LogP contribution in [0, 0.1) is 3.57 Å². The van der Waals surface area contributed by atoms with Crippen molar-refractivity contribution >= 4 is 56.7 Å². The third-order valence-electron chi connectivity index (χ3n) is 12.2. The maximum absolute atomic E-state index is 12.3. The van der Waals surface area contributed by atoms with E-state index < -0.39 is 29.6 Å². The van der Waals surface area contributed by atoms with E-state index in [-0.39, 0.29) is 24.3 Å². The summed E-state index contributed by atoms with van der Waals surface area (Å²) in [5, 5.41) is 0. The molecule has 0 bridgehead atoms. The van der Waals surface area contributed by atoms with Gasteiger partial charge in [0, 0.05) is 21.9 Å². The molecule has 0 radical (unpaired) electrons. The number of ether oxygens (including phenoxy) is 6. The fourth-order valence-electron chi connectivity index (χ4n) is 7.81. The number of hydrogen-bond acceptors (Lipinski definition) is 10. The molecule has 8 rings (SSSR count). The zero-order valence-corrected chi connectivity index (χ0v) is 50.4. The van der Waals surface area contributed by atoms with E-state index in [2.05, 4.69) is 126 Å². The van der Waals surface area contributed by atoms with Crippen LogP contribution >= 0.6 is 22.6 Å². The summed E-state index contributed by atoms with van der Waals surface area (Å²) < 4.78 is 36.9. The summed E-state index contributed by atoms with van der Waals surface area (Å²) in [4.78, 5) is 43.6. The van der Waals surface area contributed by atoms with Gasteiger partial charge in [-0.25, -0.2) is 4.79 Å². The molecular weight excluding hydrogens is 1160 g/mol. The van der Waals surface area contributed by atoms with Gasteiger partial charge in [-0.05, 0) is 109 Å². The van der Waals surface area contributed by atoms with E-state index in [9.17, 15) is 9.59 Å². The van der Waals surface area contributed by atoms with Crippen molar-refractivity contribution in [1.82, 2.24) is 19.8 Å². The summed E-state index contributed by atoms with van der Waals surface area (Å²) >= 11 is 0.201. The molecule has 2 amide bonds. The summed E-state index contributed by atoms with van der Waals surface area (Å²) in [7, 11) is 0. The number of benzene rings is 4. The number of carbonyl (C=O) groups excluding carboxylic acids is 2. The van der Waals surface area contributed by atoms with Crippen molar-refractivity contribution in [3.63, 3.8) is 0 Å². The average molecular weight is 1240 g/mol. The van der Waals surface area contributed by atoms with Gasteiger partial charge in [-0.15, -0.1) is 0 Å². The maximum Gasteiger partial charge on any atom is 0.410 e. The van der Waals surface area contributed by atoms with E-state index in [1.165, 1.54) is 29.4 Å². The molecule has 0 N–H and O–H groups in total. The van der Waals surface area contributed by atoms with Gasteiger partial charge in [0.1, 0.15) is 18.0 Å². The molecule has 2 aliphatic rings. The normalized spacial score (nSPS) is 15.2. The molecule has 2 aliphatic heterocycles. The van der Waals surface area contributed by atoms with E-state index in [1.807, 2.05) is 96.4 Å². The zero-order valence-electron chi connectivity index (χ0n) is 45.4. The Morgan fingerprint density at radius 3 is 1.49 bits per heavy atom. The SMILES string of the molecule is CC(C)(C)OC(=O)N1CC[C@H]1COc1cnc[c]([Sn]([CH3])([CH3])[CH3])c1.CC(C)(C)OC(=O)N1CC[C@H]1COc1cncc(-c2cccc(CCOCc3ccccc3)c2)c1.Ic1cccc(CCOCc2ccccc2)c1. The second kappa shape index (κ2) is 28.8.